The van der Waals surface area contributed by atoms with Gasteiger partial charge in [0.25, 0.3) is 5.56 Å². The number of anilines is 2. The molecule has 1 saturated heterocycles. The minimum atomic E-state index is -0.0365. The van der Waals surface area contributed by atoms with Gasteiger partial charge in [-0.25, -0.2) is 0 Å². The van der Waals surface area contributed by atoms with Crippen LogP contribution < -0.4 is 15.8 Å². The van der Waals surface area contributed by atoms with Gasteiger partial charge in [0.2, 0.25) is 0 Å². The Morgan fingerprint density at radius 3 is 2.39 bits per heavy atom. The molecule has 2 heterocycles. The van der Waals surface area contributed by atoms with E-state index in [4.69, 9.17) is 0 Å². The Bertz CT molecular complexity index is 1270. The van der Waals surface area contributed by atoms with Gasteiger partial charge in [0.05, 0.1) is 0 Å². The maximum Gasteiger partial charge on any atom is 0.253 e. The summed E-state index contributed by atoms with van der Waals surface area (Å²) in [5.41, 5.74) is 6.37. The van der Waals surface area contributed by atoms with Crippen LogP contribution >= 0.6 is 0 Å². The van der Waals surface area contributed by atoms with E-state index in [2.05, 4.69) is 86.8 Å². The molecule has 3 aromatic carbocycles. The summed E-state index contributed by atoms with van der Waals surface area (Å²) < 4.78 is 0. The predicted octanol–water partition coefficient (Wildman–Crippen LogP) is 4.77. The molecular formula is C28H30N4O. The standard InChI is InChI=1S/C28H30N4O/c1-21-7-8-23-18-24(28(33)30-27(23)17-21)19-29-25-9-11-26(12-10-25)32-15-13-31(14-16-32)20-22-5-3-2-4-6-22/h2-12,17-18,29H,13-16,19-20H2,1H3,(H,30,33). The van der Waals surface area contributed by atoms with Crippen molar-refractivity contribution in [1.82, 2.24) is 9.88 Å². The van der Waals surface area contributed by atoms with Crippen LogP contribution in [0.25, 0.3) is 10.9 Å². The van der Waals surface area contributed by atoms with Gasteiger partial charge in [-0.2, -0.15) is 0 Å². The fourth-order valence-electron chi connectivity index (χ4n) is 4.48. The van der Waals surface area contributed by atoms with Crippen molar-refractivity contribution < 1.29 is 0 Å². The average Bonchev–Trinajstić information content (AvgIpc) is 2.84. The summed E-state index contributed by atoms with van der Waals surface area (Å²) in [6.07, 6.45) is 0. The Morgan fingerprint density at radius 2 is 1.64 bits per heavy atom. The maximum absolute atomic E-state index is 12.5. The molecule has 33 heavy (non-hydrogen) atoms. The van der Waals surface area contributed by atoms with Crippen molar-refractivity contribution in [1.29, 1.82) is 0 Å². The van der Waals surface area contributed by atoms with Crippen LogP contribution in [-0.2, 0) is 13.1 Å². The largest absolute Gasteiger partial charge is 0.381 e. The molecule has 0 amide bonds. The highest BCUT2D eigenvalue weighted by Gasteiger charge is 2.17. The number of hydrogen-bond acceptors (Lipinski definition) is 4. The van der Waals surface area contributed by atoms with Crippen molar-refractivity contribution >= 4 is 22.3 Å². The molecule has 0 atom stereocenters. The Balaban J connectivity index is 1.17. The molecule has 0 bridgehead atoms. The second kappa shape index (κ2) is 9.51. The molecule has 1 aromatic heterocycles. The number of nitrogens with one attached hydrogen (secondary N) is 2. The van der Waals surface area contributed by atoms with Gasteiger partial charge in [-0.15, -0.1) is 0 Å². The number of piperazine rings is 1. The number of benzene rings is 3. The summed E-state index contributed by atoms with van der Waals surface area (Å²) in [5, 5.41) is 4.45. The molecular weight excluding hydrogens is 408 g/mol. The average molecular weight is 439 g/mol. The summed E-state index contributed by atoms with van der Waals surface area (Å²) in [6, 6.07) is 27.3. The highest BCUT2D eigenvalue weighted by atomic mass is 16.1. The number of aromatic amines is 1. The molecule has 1 fully saturated rings. The number of aryl methyl sites for hydroxylation is 1. The smallest absolute Gasteiger partial charge is 0.253 e. The lowest BCUT2D eigenvalue weighted by atomic mass is 10.1. The molecule has 0 spiro atoms. The fraction of sp³-hybridized carbons (Fsp3) is 0.250. The van der Waals surface area contributed by atoms with Crippen molar-refractivity contribution in [2.24, 2.45) is 0 Å². The number of pyridine rings is 1. The Labute approximate surface area is 194 Å². The monoisotopic (exact) mass is 438 g/mol. The van der Waals surface area contributed by atoms with Gasteiger partial charge in [-0.05, 0) is 59.8 Å². The van der Waals surface area contributed by atoms with Crippen LogP contribution in [0, 0.1) is 6.92 Å². The molecule has 168 valence electrons. The van der Waals surface area contributed by atoms with Crippen molar-refractivity contribution in [2.45, 2.75) is 20.0 Å². The first-order chi connectivity index (χ1) is 16.1. The van der Waals surface area contributed by atoms with Crippen molar-refractivity contribution in [2.75, 3.05) is 36.4 Å². The van der Waals surface area contributed by atoms with E-state index in [9.17, 15) is 4.79 Å². The molecule has 5 nitrogen and oxygen atoms in total. The van der Waals surface area contributed by atoms with E-state index in [1.807, 2.05) is 19.1 Å². The van der Waals surface area contributed by atoms with Gasteiger partial charge in [0, 0.05) is 61.7 Å². The predicted molar refractivity (Wildman–Crippen MR) is 137 cm³/mol. The fourth-order valence-corrected chi connectivity index (χ4v) is 4.48. The molecule has 0 unspecified atom stereocenters. The van der Waals surface area contributed by atoms with Crippen LogP contribution in [0.1, 0.15) is 16.7 Å². The number of nitrogens with zero attached hydrogens (tertiary/aromatic N) is 2. The zero-order valence-electron chi connectivity index (χ0n) is 19.1. The summed E-state index contributed by atoms with van der Waals surface area (Å²) in [4.78, 5) is 20.4. The minimum Gasteiger partial charge on any atom is -0.381 e. The second-order valence-electron chi connectivity index (χ2n) is 8.86. The van der Waals surface area contributed by atoms with Crippen LogP contribution in [0.3, 0.4) is 0 Å². The van der Waals surface area contributed by atoms with Gasteiger partial charge < -0.3 is 15.2 Å². The van der Waals surface area contributed by atoms with Gasteiger partial charge in [-0.3, -0.25) is 9.69 Å². The summed E-state index contributed by atoms with van der Waals surface area (Å²) >= 11 is 0. The molecule has 0 saturated carbocycles. The third kappa shape index (κ3) is 5.10. The van der Waals surface area contributed by atoms with Crippen molar-refractivity contribution in [3.63, 3.8) is 0 Å². The number of rotatable bonds is 6. The van der Waals surface area contributed by atoms with Crippen molar-refractivity contribution in [3.8, 4) is 0 Å². The van der Waals surface area contributed by atoms with Gasteiger partial charge >= 0.3 is 0 Å². The molecule has 4 aromatic rings. The molecule has 2 N–H and O–H groups in total. The minimum absolute atomic E-state index is 0.0365. The number of aromatic nitrogens is 1. The normalized spacial score (nSPS) is 14.5. The Morgan fingerprint density at radius 1 is 0.879 bits per heavy atom. The van der Waals surface area contributed by atoms with Crippen LogP contribution in [0.5, 0.6) is 0 Å². The van der Waals surface area contributed by atoms with E-state index >= 15 is 0 Å². The first-order valence-electron chi connectivity index (χ1n) is 11.6. The van der Waals surface area contributed by atoms with E-state index in [-0.39, 0.29) is 5.56 Å². The first kappa shape index (κ1) is 21.3. The number of H-pyrrole nitrogens is 1. The SMILES string of the molecule is Cc1ccc2cc(CNc3ccc(N4CCN(Cc5ccccc5)CC4)cc3)c(=O)[nH]c2c1. The van der Waals surface area contributed by atoms with Crippen LogP contribution in [0.2, 0.25) is 0 Å². The van der Waals surface area contributed by atoms with Crippen LogP contribution in [-0.4, -0.2) is 36.1 Å². The van der Waals surface area contributed by atoms with E-state index < -0.39 is 0 Å². The van der Waals surface area contributed by atoms with Crippen LogP contribution in [0.15, 0.2) is 83.7 Å². The zero-order chi connectivity index (χ0) is 22.6. The Hall–Kier alpha value is -3.57. The number of hydrogen-bond donors (Lipinski definition) is 2. The summed E-state index contributed by atoms with van der Waals surface area (Å²) in [6.45, 7) is 7.75. The van der Waals surface area contributed by atoms with E-state index in [1.165, 1.54) is 11.3 Å². The molecule has 5 rings (SSSR count). The highest BCUT2D eigenvalue weighted by Crippen LogP contribution is 2.21. The summed E-state index contributed by atoms with van der Waals surface area (Å²) in [5.74, 6) is 0. The number of fused-ring (bicyclic) bond motifs is 1. The first-order valence-corrected chi connectivity index (χ1v) is 11.6. The van der Waals surface area contributed by atoms with Gasteiger partial charge in [0.15, 0.2) is 0 Å². The topological polar surface area (TPSA) is 51.4 Å². The van der Waals surface area contributed by atoms with Gasteiger partial charge in [-0.1, -0.05) is 42.5 Å². The molecule has 1 aliphatic rings. The van der Waals surface area contributed by atoms with Crippen LogP contribution in [0.4, 0.5) is 11.4 Å². The third-order valence-electron chi connectivity index (χ3n) is 6.42. The molecule has 0 aliphatic carbocycles. The van der Waals surface area contributed by atoms with Crippen molar-refractivity contribution in [3.05, 3.63) is 106 Å². The molecule has 5 heteroatoms. The lowest BCUT2D eigenvalue weighted by Gasteiger charge is -2.36. The van der Waals surface area contributed by atoms with E-state index in [1.54, 1.807) is 0 Å². The Kier molecular flexibility index (Phi) is 6.13. The lowest BCUT2D eigenvalue weighted by molar-refractivity contribution is 0.250. The highest BCUT2D eigenvalue weighted by molar-refractivity contribution is 5.79. The zero-order valence-corrected chi connectivity index (χ0v) is 19.1. The quantitative estimate of drug-likeness (QED) is 0.455. The summed E-state index contributed by atoms with van der Waals surface area (Å²) in [7, 11) is 0. The third-order valence-corrected chi connectivity index (χ3v) is 6.42. The van der Waals surface area contributed by atoms with Gasteiger partial charge in [0.1, 0.15) is 0 Å². The van der Waals surface area contributed by atoms with E-state index in [0.29, 0.717) is 6.54 Å². The molecule has 1 aliphatic heterocycles. The van der Waals surface area contributed by atoms with E-state index in [0.717, 1.165) is 60.4 Å². The lowest BCUT2D eigenvalue weighted by Crippen LogP contribution is -2.45. The second-order valence-corrected chi connectivity index (χ2v) is 8.86. The molecule has 0 radical (unpaired) electrons. The maximum atomic E-state index is 12.5.